The number of carbonyl (C=O) groups is 1. The fraction of sp³-hybridized carbons (Fsp3) is 0.567. The number of ether oxygens (including phenoxy) is 2. The topological polar surface area (TPSA) is 53.6 Å². The number of hydrogen-bond donors (Lipinski definition) is 0. The van der Waals surface area contributed by atoms with Crippen LogP contribution in [-0.2, 0) is 16.6 Å². The lowest BCUT2D eigenvalue weighted by Crippen LogP contribution is -2.40. The summed E-state index contributed by atoms with van der Waals surface area (Å²) in [6.07, 6.45) is 3.22. The quantitative estimate of drug-likeness (QED) is 0.306. The number of carbonyl (C=O) groups excluding carboxylic acids is 1. The standard InChI is InChI=1S/C30H43NO4/c1-20(18-30(8,9)35-27(32)23(29(5,6)7)19-28(2,3)4)33-22-14-13-21-16-26(34-25(21)17-22)24-12-11-15-31(24)10/h11-17,20,23H,18-19H2,1-10H3. The first-order valence-electron chi connectivity index (χ1n) is 12.6. The van der Waals surface area contributed by atoms with Crippen molar-refractivity contribution in [2.45, 2.75) is 86.9 Å². The van der Waals surface area contributed by atoms with Crippen LogP contribution >= 0.6 is 0 Å². The molecule has 0 aliphatic carbocycles. The Balaban J connectivity index is 1.66. The Kier molecular flexibility index (Phi) is 7.50. The van der Waals surface area contributed by atoms with Crippen molar-refractivity contribution in [1.29, 1.82) is 0 Å². The summed E-state index contributed by atoms with van der Waals surface area (Å²) in [6, 6.07) is 12.0. The third kappa shape index (κ3) is 7.16. The molecule has 1 aromatic carbocycles. The predicted octanol–water partition coefficient (Wildman–Crippen LogP) is 8.02. The van der Waals surface area contributed by atoms with Crippen LogP contribution in [0.1, 0.15) is 75.2 Å². The third-order valence-corrected chi connectivity index (χ3v) is 6.33. The van der Waals surface area contributed by atoms with Crippen LogP contribution < -0.4 is 4.74 Å². The summed E-state index contributed by atoms with van der Waals surface area (Å²) in [6.45, 7) is 18.8. The van der Waals surface area contributed by atoms with Gasteiger partial charge in [0.15, 0.2) is 5.76 Å². The van der Waals surface area contributed by atoms with E-state index in [9.17, 15) is 4.79 Å². The van der Waals surface area contributed by atoms with Gasteiger partial charge in [-0.2, -0.15) is 0 Å². The summed E-state index contributed by atoms with van der Waals surface area (Å²) in [5.41, 5.74) is 1.04. The highest BCUT2D eigenvalue weighted by Crippen LogP contribution is 2.38. The van der Waals surface area contributed by atoms with Crippen molar-refractivity contribution in [3.63, 3.8) is 0 Å². The SMILES string of the molecule is CC(CC(C)(C)OC(=O)C(CC(C)(C)C)C(C)(C)C)Oc1ccc2cc(-c3cccn3C)oc2c1. The van der Waals surface area contributed by atoms with Crippen LogP contribution in [-0.4, -0.2) is 22.2 Å². The molecule has 0 N–H and O–H groups in total. The van der Waals surface area contributed by atoms with E-state index in [1.54, 1.807) is 0 Å². The molecule has 2 atom stereocenters. The van der Waals surface area contributed by atoms with Crippen LogP contribution in [0.25, 0.3) is 22.4 Å². The number of nitrogens with zero attached hydrogens (tertiary/aromatic N) is 1. The van der Waals surface area contributed by atoms with Crippen LogP contribution in [0.15, 0.2) is 47.0 Å². The van der Waals surface area contributed by atoms with Crippen molar-refractivity contribution in [3.05, 3.63) is 42.6 Å². The van der Waals surface area contributed by atoms with Crippen LogP contribution in [0.3, 0.4) is 0 Å². The van der Waals surface area contributed by atoms with E-state index in [1.165, 1.54) is 0 Å². The lowest BCUT2D eigenvalue weighted by atomic mass is 9.72. The molecule has 2 heterocycles. The Morgan fingerprint density at radius 1 is 1.00 bits per heavy atom. The summed E-state index contributed by atoms with van der Waals surface area (Å²) < 4.78 is 20.4. The van der Waals surface area contributed by atoms with Crippen molar-refractivity contribution in [3.8, 4) is 17.2 Å². The molecular weight excluding hydrogens is 438 g/mol. The van der Waals surface area contributed by atoms with Crippen LogP contribution in [0.4, 0.5) is 0 Å². The Morgan fingerprint density at radius 3 is 2.26 bits per heavy atom. The maximum Gasteiger partial charge on any atom is 0.310 e. The molecule has 3 aromatic rings. The van der Waals surface area contributed by atoms with Gasteiger partial charge >= 0.3 is 5.97 Å². The highest BCUT2D eigenvalue weighted by atomic mass is 16.6. The lowest BCUT2D eigenvalue weighted by molar-refractivity contribution is -0.169. The van der Waals surface area contributed by atoms with Gasteiger partial charge in [-0.1, -0.05) is 41.5 Å². The third-order valence-electron chi connectivity index (χ3n) is 6.33. The Labute approximate surface area is 210 Å². The largest absolute Gasteiger partial charge is 0.490 e. The summed E-state index contributed by atoms with van der Waals surface area (Å²) in [4.78, 5) is 13.2. The van der Waals surface area contributed by atoms with E-state index in [0.717, 1.165) is 34.6 Å². The van der Waals surface area contributed by atoms with E-state index < -0.39 is 5.60 Å². The molecule has 0 amide bonds. The van der Waals surface area contributed by atoms with Gasteiger partial charge in [-0.15, -0.1) is 0 Å². The number of benzene rings is 1. The first-order valence-corrected chi connectivity index (χ1v) is 12.6. The second-order valence-electron chi connectivity index (χ2n) is 12.8. The summed E-state index contributed by atoms with van der Waals surface area (Å²) in [5, 5.41) is 1.03. The molecule has 0 fully saturated rings. The molecule has 2 aromatic heterocycles. The molecule has 35 heavy (non-hydrogen) atoms. The molecule has 0 aliphatic heterocycles. The highest BCUT2D eigenvalue weighted by molar-refractivity contribution is 5.83. The van der Waals surface area contributed by atoms with Gasteiger partial charge in [-0.3, -0.25) is 4.79 Å². The molecule has 192 valence electrons. The molecule has 3 rings (SSSR count). The van der Waals surface area contributed by atoms with Gasteiger partial charge in [0.2, 0.25) is 0 Å². The van der Waals surface area contributed by atoms with Gasteiger partial charge in [0, 0.05) is 31.1 Å². The van der Waals surface area contributed by atoms with Gasteiger partial charge in [0.1, 0.15) is 16.9 Å². The van der Waals surface area contributed by atoms with Gasteiger partial charge < -0.3 is 18.5 Å². The highest BCUT2D eigenvalue weighted by Gasteiger charge is 2.38. The molecular formula is C30H43NO4. The minimum Gasteiger partial charge on any atom is -0.490 e. The number of hydrogen-bond acceptors (Lipinski definition) is 4. The molecule has 0 radical (unpaired) electrons. The smallest absolute Gasteiger partial charge is 0.310 e. The number of rotatable bonds is 8. The van der Waals surface area contributed by atoms with E-state index >= 15 is 0 Å². The molecule has 0 spiro atoms. The molecule has 2 unspecified atom stereocenters. The fourth-order valence-corrected chi connectivity index (χ4v) is 4.63. The van der Waals surface area contributed by atoms with Gasteiger partial charge in [0.05, 0.1) is 17.7 Å². The zero-order chi connectivity index (χ0) is 26.2. The van der Waals surface area contributed by atoms with E-state index in [4.69, 9.17) is 13.9 Å². The molecule has 0 saturated heterocycles. The van der Waals surface area contributed by atoms with E-state index in [-0.39, 0.29) is 28.8 Å². The monoisotopic (exact) mass is 481 g/mol. The first kappa shape index (κ1) is 26.9. The van der Waals surface area contributed by atoms with Crippen molar-refractivity contribution >= 4 is 16.9 Å². The summed E-state index contributed by atoms with van der Waals surface area (Å²) in [5.74, 6) is 1.27. The van der Waals surface area contributed by atoms with Crippen LogP contribution in [0.2, 0.25) is 0 Å². The van der Waals surface area contributed by atoms with Crippen LogP contribution in [0, 0.1) is 16.7 Å². The maximum absolute atomic E-state index is 13.2. The van der Waals surface area contributed by atoms with E-state index in [0.29, 0.717) is 6.42 Å². The summed E-state index contributed by atoms with van der Waals surface area (Å²) >= 11 is 0. The maximum atomic E-state index is 13.2. The number of esters is 1. The number of aryl methyl sites for hydroxylation is 1. The van der Waals surface area contributed by atoms with Crippen LogP contribution in [0.5, 0.6) is 5.75 Å². The zero-order valence-corrected chi connectivity index (χ0v) is 23.2. The van der Waals surface area contributed by atoms with Gasteiger partial charge in [-0.05, 0) is 68.4 Å². The second kappa shape index (κ2) is 9.75. The second-order valence-corrected chi connectivity index (χ2v) is 12.8. The van der Waals surface area contributed by atoms with Crippen molar-refractivity contribution < 1.29 is 18.7 Å². The fourth-order valence-electron chi connectivity index (χ4n) is 4.63. The van der Waals surface area contributed by atoms with Crippen molar-refractivity contribution in [1.82, 2.24) is 4.57 Å². The number of fused-ring (bicyclic) bond motifs is 1. The van der Waals surface area contributed by atoms with Gasteiger partial charge in [0.25, 0.3) is 0 Å². The minimum atomic E-state index is -0.646. The van der Waals surface area contributed by atoms with Gasteiger partial charge in [-0.25, -0.2) is 0 Å². The van der Waals surface area contributed by atoms with Crippen molar-refractivity contribution in [2.75, 3.05) is 0 Å². The van der Waals surface area contributed by atoms with E-state index in [2.05, 4.69) is 41.5 Å². The molecule has 5 nitrogen and oxygen atoms in total. The predicted molar refractivity (Wildman–Crippen MR) is 143 cm³/mol. The lowest BCUT2D eigenvalue weighted by Gasteiger charge is -2.37. The number of furan rings is 1. The Morgan fingerprint density at radius 2 is 1.69 bits per heavy atom. The molecule has 5 heteroatoms. The normalized spacial score (nSPS) is 14.7. The molecule has 0 aliphatic rings. The van der Waals surface area contributed by atoms with Crippen molar-refractivity contribution in [2.24, 2.45) is 23.8 Å². The minimum absolute atomic E-state index is 0.0438. The molecule has 0 saturated carbocycles. The zero-order valence-electron chi connectivity index (χ0n) is 23.2. The number of aromatic nitrogens is 1. The van der Waals surface area contributed by atoms with E-state index in [1.807, 2.05) is 75.0 Å². The summed E-state index contributed by atoms with van der Waals surface area (Å²) in [7, 11) is 2.00. The average molecular weight is 482 g/mol. The molecule has 0 bridgehead atoms. The average Bonchev–Trinajstić information content (AvgIpc) is 3.28. The Bertz CT molecular complexity index is 1150. The Hall–Kier alpha value is -2.69. The first-order chi connectivity index (χ1) is 16.0.